The van der Waals surface area contributed by atoms with Gasteiger partial charge < -0.3 is 9.64 Å². The number of fused-ring (bicyclic) bond motifs is 13. The van der Waals surface area contributed by atoms with Crippen molar-refractivity contribution in [1.29, 1.82) is 0 Å². The van der Waals surface area contributed by atoms with Crippen LogP contribution in [0.15, 0.2) is 212 Å². The van der Waals surface area contributed by atoms with Gasteiger partial charge in [0, 0.05) is 38.8 Å². The molecule has 0 bridgehead atoms. The Labute approximate surface area is 356 Å². The molecule has 0 fully saturated rings. The first-order valence-corrected chi connectivity index (χ1v) is 21.2. The normalized spacial score (nSPS) is 13.0. The lowest BCUT2D eigenvalue weighted by Gasteiger charge is -2.40. The first kappa shape index (κ1) is 35.3. The highest BCUT2D eigenvalue weighted by Gasteiger charge is 2.51. The lowest BCUT2D eigenvalue weighted by atomic mass is 9.65. The molecule has 2 heteroatoms. The number of nitrogens with zero attached hydrogens (tertiary/aromatic N) is 1. The smallest absolute Gasteiger partial charge is 0.140 e. The van der Waals surface area contributed by atoms with Gasteiger partial charge in [-0.05, 0) is 112 Å². The maximum absolute atomic E-state index is 7.25. The Morgan fingerprint density at radius 3 is 1.54 bits per heavy atom. The minimum absolute atomic E-state index is 0.574. The van der Waals surface area contributed by atoms with Crippen LogP contribution in [0.5, 0.6) is 11.5 Å². The molecule has 0 aromatic heterocycles. The fourth-order valence-corrected chi connectivity index (χ4v) is 10.3. The Balaban J connectivity index is 1.04. The van der Waals surface area contributed by atoms with Crippen molar-refractivity contribution in [3.05, 3.63) is 246 Å². The highest BCUT2D eigenvalue weighted by molar-refractivity contribution is 6.00. The summed E-state index contributed by atoms with van der Waals surface area (Å²) in [5.41, 5.74) is 17.4. The number of anilines is 3. The van der Waals surface area contributed by atoms with Gasteiger partial charge in [0.1, 0.15) is 11.5 Å². The van der Waals surface area contributed by atoms with Gasteiger partial charge in [0.15, 0.2) is 0 Å². The third-order valence-corrected chi connectivity index (χ3v) is 13.0. The first-order valence-electron chi connectivity index (χ1n) is 21.2. The Morgan fingerprint density at radius 1 is 0.361 bits per heavy atom. The number of hydrogen-bond donors (Lipinski definition) is 0. The fraction of sp³-hybridized carbons (Fsp3) is 0.0508. The quantitative estimate of drug-likeness (QED) is 0.172. The van der Waals surface area contributed by atoms with E-state index in [9.17, 15) is 0 Å². The number of para-hydroxylation sites is 2. The number of hydrogen-bond acceptors (Lipinski definition) is 2. The number of benzene rings is 10. The SMILES string of the molecule is Cc1ccc2ccc3c(c2c1)Oc1c(ccc2ccc(C)cc12)C31c2ccccc2-c2cc(-c3ccc(N(c4ccccc4)c4ccccc4-c4ccccc4)cc3)ccc21. The zero-order chi connectivity index (χ0) is 40.7. The summed E-state index contributed by atoms with van der Waals surface area (Å²) >= 11 is 0. The predicted molar refractivity (Wildman–Crippen MR) is 254 cm³/mol. The Morgan fingerprint density at radius 2 is 0.869 bits per heavy atom. The van der Waals surface area contributed by atoms with E-state index in [0.29, 0.717) is 0 Å². The van der Waals surface area contributed by atoms with Crippen molar-refractivity contribution in [2.24, 2.45) is 0 Å². The molecule has 0 radical (unpaired) electrons. The van der Waals surface area contributed by atoms with Crippen molar-refractivity contribution in [2.75, 3.05) is 4.90 Å². The van der Waals surface area contributed by atoms with E-state index in [2.05, 4.69) is 231 Å². The highest BCUT2D eigenvalue weighted by Crippen LogP contribution is 2.64. The van der Waals surface area contributed by atoms with Gasteiger partial charge in [0.2, 0.25) is 0 Å². The lowest BCUT2D eigenvalue weighted by molar-refractivity contribution is 0.447. The van der Waals surface area contributed by atoms with E-state index < -0.39 is 5.41 Å². The monoisotopic (exact) mass is 779 g/mol. The molecule has 1 spiro atoms. The van der Waals surface area contributed by atoms with Crippen LogP contribution in [0.2, 0.25) is 0 Å². The van der Waals surface area contributed by atoms with E-state index in [1.54, 1.807) is 0 Å². The molecule has 0 N–H and O–H groups in total. The van der Waals surface area contributed by atoms with Crippen molar-refractivity contribution in [3.8, 4) is 44.9 Å². The zero-order valence-electron chi connectivity index (χ0n) is 34.1. The molecule has 0 atom stereocenters. The van der Waals surface area contributed by atoms with Crippen LogP contribution >= 0.6 is 0 Å². The molecular formula is C59H41NO. The molecule has 2 nitrogen and oxygen atoms in total. The second kappa shape index (κ2) is 13.7. The molecule has 2 aliphatic rings. The summed E-state index contributed by atoms with van der Waals surface area (Å²) in [6, 6.07) is 77.9. The van der Waals surface area contributed by atoms with Crippen LogP contribution in [0.3, 0.4) is 0 Å². The van der Waals surface area contributed by atoms with Crippen LogP contribution in [-0.4, -0.2) is 0 Å². The predicted octanol–water partition coefficient (Wildman–Crippen LogP) is 15.9. The second-order valence-electron chi connectivity index (χ2n) is 16.6. The number of rotatable bonds is 5. The van der Waals surface area contributed by atoms with Crippen molar-refractivity contribution >= 4 is 38.6 Å². The van der Waals surface area contributed by atoms with Gasteiger partial charge in [-0.25, -0.2) is 0 Å². The molecule has 1 aliphatic carbocycles. The van der Waals surface area contributed by atoms with E-state index in [0.717, 1.165) is 39.3 Å². The molecule has 10 aromatic rings. The van der Waals surface area contributed by atoms with Gasteiger partial charge in [0.25, 0.3) is 0 Å². The summed E-state index contributed by atoms with van der Waals surface area (Å²) in [4.78, 5) is 2.37. The first-order chi connectivity index (χ1) is 30.1. The van der Waals surface area contributed by atoms with Gasteiger partial charge in [-0.1, -0.05) is 175 Å². The lowest BCUT2D eigenvalue weighted by Crippen LogP contribution is -2.32. The van der Waals surface area contributed by atoms with Crippen LogP contribution in [-0.2, 0) is 5.41 Å². The van der Waals surface area contributed by atoms with Gasteiger partial charge in [0.05, 0.1) is 11.1 Å². The highest BCUT2D eigenvalue weighted by atomic mass is 16.5. The molecule has 61 heavy (non-hydrogen) atoms. The van der Waals surface area contributed by atoms with E-state index >= 15 is 0 Å². The molecule has 288 valence electrons. The van der Waals surface area contributed by atoms with Gasteiger partial charge in [-0.3, -0.25) is 0 Å². The molecule has 1 aliphatic heterocycles. The molecule has 0 saturated carbocycles. The molecule has 0 saturated heterocycles. The Bertz CT molecular complexity index is 3260. The second-order valence-corrected chi connectivity index (χ2v) is 16.6. The van der Waals surface area contributed by atoms with E-state index in [1.165, 1.54) is 77.5 Å². The molecule has 0 unspecified atom stereocenters. The molecule has 0 amide bonds. The summed E-state index contributed by atoms with van der Waals surface area (Å²) in [5, 5.41) is 4.65. The van der Waals surface area contributed by atoms with Crippen molar-refractivity contribution in [3.63, 3.8) is 0 Å². The van der Waals surface area contributed by atoms with Crippen LogP contribution in [0.1, 0.15) is 33.4 Å². The maximum atomic E-state index is 7.25. The van der Waals surface area contributed by atoms with Crippen LogP contribution in [0.4, 0.5) is 17.1 Å². The Hall–Kier alpha value is -7.68. The summed E-state index contributed by atoms with van der Waals surface area (Å²) in [6.45, 7) is 4.34. The molecule has 10 aromatic carbocycles. The zero-order valence-corrected chi connectivity index (χ0v) is 34.1. The molecule has 12 rings (SSSR count). The number of ether oxygens (including phenoxy) is 1. The van der Waals surface area contributed by atoms with Crippen LogP contribution in [0, 0.1) is 13.8 Å². The topological polar surface area (TPSA) is 12.5 Å². The fourth-order valence-electron chi connectivity index (χ4n) is 10.3. The summed E-state index contributed by atoms with van der Waals surface area (Å²) in [7, 11) is 0. The average molecular weight is 780 g/mol. The van der Waals surface area contributed by atoms with Gasteiger partial charge in [-0.15, -0.1) is 0 Å². The molecular weight excluding hydrogens is 739 g/mol. The van der Waals surface area contributed by atoms with Crippen molar-refractivity contribution in [1.82, 2.24) is 0 Å². The van der Waals surface area contributed by atoms with Crippen molar-refractivity contribution < 1.29 is 4.74 Å². The summed E-state index contributed by atoms with van der Waals surface area (Å²) < 4.78 is 7.25. The molecule has 1 heterocycles. The van der Waals surface area contributed by atoms with E-state index in [4.69, 9.17) is 4.74 Å². The summed E-state index contributed by atoms with van der Waals surface area (Å²) in [6.07, 6.45) is 0. The number of aryl methyl sites for hydroxylation is 2. The van der Waals surface area contributed by atoms with Crippen molar-refractivity contribution in [2.45, 2.75) is 19.3 Å². The van der Waals surface area contributed by atoms with Crippen LogP contribution in [0.25, 0.3) is 54.9 Å². The third-order valence-electron chi connectivity index (χ3n) is 13.0. The third kappa shape index (κ3) is 5.35. The average Bonchev–Trinajstić information content (AvgIpc) is 3.60. The largest absolute Gasteiger partial charge is 0.455 e. The van der Waals surface area contributed by atoms with Gasteiger partial charge in [-0.2, -0.15) is 0 Å². The van der Waals surface area contributed by atoms with Gasteiger partial charge >= 0.3 is 0 Å². The van der Waals surface area contributed by atoms with E-state index in [1.807, 2.05) is 0 Å². The van der Waals surface area contributed by atoms with E-state index in [-0.39, 0.29) is 0 Å². The standard InChI is InChI=1S/C59H41NO/c1-38-21-23-42-27-33-54-57(49(42)35-38)61-58-50-36-39(2)22-24-43(50)28-34-55(58)59(54)52-19-11-9-18-48(52)51-37-44(29-32-53(51)59)40-25-30-46(31-26-40)60(45-15-7-4-8-16-45)56-20-12-10-17-47(56)41-13-5-3-6-14-41/h3-37H,1-2H3. The Kier molecular flexibility index (Phi) is 7.92. The summed E-state index contributed by atoms with van der Waals surface area (Å²) in [5.74, 6) is 1.89. The maximum Gasteiger partial charge on any atom is 0.140 e. The minimum Gasteiger partial charge on any atom is -0.455 e. The minimum atomic E-state index is -0.574. The van der Waals surface area contributed by atoms with Crippen LogP contribution < -0.4 is 9.64 Å².